The molecular formula is C22H16F5N5O2. The molecule has 34 heavy (non-hydrogen) atoms. The second-order valence-corrected chi connectivity index (χ2v) is 7.99. The van der Waals surface area contributed by atoms with Gasteiger partial charge in [-0.3, -0.25) is 9.48 Å². The van der Waals surface area contributed by atoms with Crippen LogP contribution in [0.4, 0.5) is 27.8 Å². The Balaban J connectivity index is 1.57. The molecule has 4 aromatic rings. The van der Waals surface area contributed by atoms with E-state index in [0.29, 0.717) is 28.4 Å². The highest BCUT2D eigenvalue weighted by Crippen LogP contribution is 2.42. The Labute approximate surface area is 188 Å². The summed E-state index contributed by atoms with van der Waals surface area (Å²) in [7, 11) is 2.95. The van der Waals surface area contributed by atoms with E-state index in [1.807, 2.05) is 0 Å². The van der Waals surface area contributed by atoms with Crippen LogP contribution in [0.2, 0.25) is 0 Å². The third-order valence-electron chi connectivity index (χ3n) is 5.96. The van der Waals surface area contributed by atoms with Crippen LogP contribution in [0.25, 0.3) is 21.8 Å². The molecule has 1 amide bonds. The van der Waals surface area contributed by atoms with Crippen LogP contribution in [-0.4, -0.2) is 39.2 Å². The third kappa shape index (κ3) is 3.20. The molecule has 0 saturated carbocycles. The summed E-state index contributed by atoms with van der Waals surface area (Å²) in [5.74, 6) is -3.02. The van der Waals surface area contributed by atoms with E-state index in [-0.39, 0.29) is 34.8 Å². The summed E-state index contributed by atoms with van der Waals surface area (Å²) in [4.78, 5) is 18.4. The number of carbonyl (C=O) groups is 1. The average molecular weight is 477 g/mol. The quantitative estimate of drug-likeness (QED) is 0.438. The number of hydrogen-bond donors (Lipinski definition) is 1. The monoisotopic (exact) mass is 477 g/mol. The maximum atomic E-state index is 15.0. The van der Waals surface area contributed by atoms with Crippen LogP contribution in [0, 0.1) is 11.6 Å². The molecule has 0 fully saturated rings. The van der Waals surface area contributed by atoms with E-state index >= 15 is 0 Å². The third-order valence-corrected chi connectivity index (χ3v) is 5.96. The SMILES string of the molecule is CN(C(=O)c1cc2c(cc1F)nc(N)c1cnn(C)c12)[C@H]1COc2cc(C(F)(F)F)cc(F)c21. The van der Waals surface area contributed by atoms with Gasteiger partial charge in [-0.1, -0.05) is 0 Å². The van der Waals surface area contributed by atoms with E-state index in [1.165, 1.54) is 24.0 Å². The minimum absolute atomic E-state index is 0.152. The number of nitrogens with zero attached hydrogens (tertiary/aromatic N) is 4. The van der Waals surface area contributed by atoms with Crippen LogP contribution >= 0.6 is 0 Å². The zero-order valence-electron chi connectivity index (χ0n) is 17.7. The molecule has 5 rings (SSSR count). The Morgan fingerprint density at radius 3 is 2.62 bits per heavy atom. The van der Waals surface area contributed by atoms with Crippen molar-refractivity contribution in [1.29, 1.82) is 0 Å². The van der Waals surface area contributed by atoms with E-state index in [1.54, 1.807) is 7.05 Å². The van der Waals surface area contributed by atoms with E-state index in [0.717, 1.165) is 11.0 Å². The van der Waals surface area contributed by atoms with Gasteiger partial charge in [-0.15, -0.1) is 0 Å². The van der Waals surface area contributed by atoms with Crippen LogP contribution in [0.15, 0.2) is 30.5 Å². The van der Waals surface area contributed by atoms with Gasteiger partial charge in [-0.25, -0.2) is 13.8 Å². The van der Waals surface area contributed by atoms with Crippen molar-refractivity contribution in [1.82, 2.24) is 19.7 Å². The molecule has 12 heteroatoms. The number of halogens is 5. The Hall–Kier alpha value is -3.96. The van der Waals surface area contributed by atoms with Gasteiger partial charge >= 0.3 is 6.18 Å². The normalized spacial score (nSPS) is 15.6. The first-order chi connectivity index (χ1) is 16.0. The Morgan fingerprint density at radius 1 is 1.18 bits per heavy atom. The molecule has 0 aliphatic carbocycles. The summed E-state index contributed by atoms with van der Waals surface area (Å²) in [6, 6.07) is 2.35. The van der Waals surface area contributed by atoms with Gasteiger partial charge < -0.3 is 15.4 Å². The fraction of sp³-hybridized carbons (Fsp3) is 0.227. The lowest BCUT2D eigenvalue weighted by molar-refractivity contribution is -0.137. The summed E-state index contributed by atoms with van der Waals surface area (Å²) in [6.07, 6.45) is -3.26. The molecule has 3 heterocycles. The van der Waals surface area contributed by atoms with Gasteiger partial charge in [-0.2, -0.15) is 18.3 Å². The number of likely N-dealkylation sites (N-methyl/N-ethyl adjacent to an activating group) is 1. The molecule has 2 aromatic heterocycles. The molecule has 7 nitrogen and oxygen atoms in total. The molecule has 0 saturated heterocycles. The van der Waals surface area contributed by atoms with Crippen LogP contribution in [0.5, 0.6) is 5.75 Å². The number of amides is 1. The van der Waals surface area contributed by atoms with Gasteiger partial charge in [0.25, 0.3) is 5.91 Å². The number of hydrogen-bond acceptors (Lipinski definition) is 5. The standard InChI is InChI=1S/C22H16F5N5O2/c1-31(16-8-34-17-4-9(22(25,26)27)3-14(24)18(16)17)21(33)10-5-11-15(6-13(10)23)30-20(28)12-7-29-32(2)19(11)12/h3-7,16H,8H2,1-2H3,(H2,28,30)/t16-/m0/s1. The summed E-state index contributed by atoms with van der Waals surface area (Å²) >= 11 is 0. The number of alkyl halides is 3. The number of aromatic nitrogens is 3. The highest BCUT2D eigenvalue weighted by atomic mass is 19.4. The molecule has 2 aromatic carbocycles. The van der Waals surface area contributed by atoms with Gasteiger partial charge in [0.05, 0.1) is 45.3 Å². The number of fused-ring (bicyclic) bond motifs is 4. The number of nitrogens with two attached hydrogens (primary N) is 1. The molecule has 0 unspecified atom stereocenters. The van der Waals surface area contributed by atoms with Crippen molar-refractivity contribution < 1.29 is 31.5 Å². The second kappa shape index (κ2) is 7.27. The molecule has 1 atom stereocenters. The summed E-state index contributed by atoms with van der Waals surface area (Å²) in [5, 5.41) is 5.07. The summed E-state index contributed by atoms with van der Waals surface area (Å²) < 4.78 is 75.4. The number of pyridine rings is 1. The maximum absolute atomic E-state index is 15.0. The predicted octanol–water partition coefficient (Wildman–Crippen LogP) is 4.21. The number of carbonyl (C=O) groups excluding carboxylic acids is 1. The molecule has 2 N–H and O–H groups in total. The van der Waals surface area contributed by atoms with Crippen molar-refractivity contribution in [3.63, 3.8) is 0 Å². The van der Waals surface area contributed by atoms with Gasteiger partial charge in [-0.05, 0) is 18.2 Å². The Bertz CT molecular complexity index is 1500. The summed E-state index contributed by atoms with van der Waals surface area (Å²) in [5.41, 5.74) is 4.95. The van der Waals surface area contributed by atoms with Crippen LogP contribution in [-0.2, 0) is 13.2 Å². The average Bonchev–Trinajstić information content (AvgIpc) is 3.36. The Kier molecular flexibility index (Phi) is 4.68. The highest BCUT2D eigenvalue weighted by molar-refractivity contribution is 6.10. The fourth-order valence-corrected chi connectivity index (χ4v) is 4.23. The molecule has 0 bridgehead atoms. The smallest absolute Gasteiger partial charge is 0.416 e. The van der Waals surface area contributed by atoms with Crippen molar-refractivity contribution in [2.24, 2.45) is 7.05 Å². The highest BCUT2D eigenvalue weighted by Gasteiger charge is 2.39. The van der Waals surface area contributed by atoms with Crippen LogP contribution in [0.3, 0.4) is 0 Å². The van der Waals surface area contributed by atoms with E-state index in [4.69, 9.17) is 10.5 Å². The fourth-order valence-electron chi connectivity index (χ4n) is 4.23. The van der Waals surface area contributed by atoms with Gasteiger partial charge in [0.2, 0.25) is 0 Å². The minimum Gasteiger partial charge on any atom is -0.491 e. The van der Waals surface area contributed by atoms with Gasteiger partial charge in [0, 0.05) is 25.5 Å². The molecule has 1 aliphatic heterocycles. The van der Waals surface area contributed by atoms with Crippen LogP contribution in [0.1, 0.15) is 27.5 Å². The lowest BCUT2D eigenvalue weighted by atomic mass is 10.0. The zero-order chi connectivity index (χ0) is 24.5. The first-order valence-electron chi connectivity index (χ1n) is 9.98. The molecule has 176 valence electrons. The van der Waals surface area contributed by atoms with E-state index in [2.05, 4.69) is 10.1 Å². The molecule has 1 aliphatic rings. The van der Waals surface area contributed by atoms with Crippen molar-refractivity contribution in [3.05, 3.63) is 58.8 Å². The van der Waals surface area contributed by atoms with E-state index in [9.17, 15) is 26.7 Å². The van der Waals surface area contributed by atoms with Crippen molar-refractivity contribution in [3.8, 4) is 5.75 Å². The number of rotatable bonds is 2. The topological polar surface area (TPSA) is 86.3 Å². The summed E-state index contributed by atoms with van der Waals surface area (Å²) in [6.45, 7) is -0.283. The molecule has 0 radical (unpaired) electrons. The molecule has 0 spiro atoms. The number of nitrogen functional groups attached to an aromatic ring is 1. The van der Waals surface area contributed by atoms with Crippen molar-refractivity contribution >= 4 is 33.5 Å². The molecular weight excluding hydrogens is 461 g/mol. The first kappa shape index (κ1) is 21.9. The van der Waals surface area contributed by atoms with Gasteiger partial charge in [0.15, 0.2) is 0 Å². The second-order valence-electron chi connectivity index (χ2n) is 7.99. The van der Waals surface area contributed by atoms with Crippen molar-refractivity contribution in [2.45, 2.75) is 12.2 Å². The number of anilines is 1. The van der Waals surface area contributed by atoms with Gasteiger partial charge in [0.1, 0.15) is 29.8 Å². The lowest BCUT2D eigenvalue weighted by Gasteiger charge is -2.24. The number of aryl methyl sites for hydroxylation is 1. The first-order valence-corrected chi connectivity index (χ1v) is 9.98. The van der Waals surface area contributed by atoms with Crippen LogP contribution < -0.4 is 10.5 Å². The minimum atomic E-state index is -4.76. The largest absolute Gasteiger partial charge is 0.491 e. The number of ether oxygens (including phenoxy) is 1. The number of benzene rings is 2. The van der Waals surface area contributed by atoms with E-state index < -0.39 is 35.3 Å². The maximum Gasteiger partial charge on any atom is 0.416 e. The zero-order valence-corrected chi connectivity index (χ0v) is 17.7. The Morgan fingerprint density at radius 2 is 1.91 bits per heavy atom. The predicted molar refractivity (Wildman–Crippen MR) is 112 cm³/mol. The van der Waals surface area contributed by atoms with Crippen molar-refractivity contribution in [2.75, 3.05) is 19.4 Å². The lowest BCUT2D eigenvalue weighted by Crippen LogP contribution is -2.33.